The molecule has 3 rings (SSSR count). The minimum absolute atomic E-state index is 0. The predicted molar refractivity (Wildman–Crippen MR) is 75.9 cm³/mol. The monoisotopic (exact) mass is 699 g/mol. The second-order valence-corrected chi connectivity index (χ2v) is 4.20. The number of benzene rings is 2. The molecule has 1 saturated carbocycles. The van der Waals surface area contributed by atoms with Crippen molar-refractivity contribution in [3.8, 4) is 0 Å². The Morgan fingerprint density at radius 2 is 1.45 bits per heavy atom. The number of rotatable bonds is 0. The second kappa shape index (κ2) is 19.5. The maximum Gasteiger partial charge on any atom is 0 e. The van der Waals surface area contributed by atoms with E-state index in [4.69, 9.17) is 0 Å². The standard InChI is InChI=1S/C10H7.C6H11.Ra.Rb.2Y/c1-2-6-10-8-4-3-7-9(10)5-1;1-2-4-6-5-3-1;;;;/h1-3,5-8H;1H,2-6H2;;;;/q2*-1;;;;. The zero-order valence-corrected chi connectivity index (χ0v) is 28.9. The van der Waals surface area contributed by atoms with Crippen LogP contribution in [0.25, 0.3) is 10.8 Å². The van der Waals surface area contributed by atoms with Crippen molar-refractivity contribution in [2.75, 3.05) is 0 Å². The van der Waals surface area contributed by atoms with Crippen molar-refractivity contribution in [1.29, 1.82) is 0 Å². The van der Waals surface area contributed by atoms with E-state index < -0.39 is 0 Å². The van der Waals surface area contributed by atoms with Gasteiger partial charge in [-0.2, -0.15) is 37.1 Å². The van der Waals surface area contributed by atoms with Gasteiger partial charge in [-0.25, -0.2) is 0 Å². The van der Waals surface area contributed by atoms with Gasteiger partial charge in [-0.05, 0) is 0 Å². The Kier molecular flexibility index (Phi) is 28.2. The first-order valence-electron chi connectivity index (χ1n) is 6.13. The van der Waals surface area contributed by atoms with Crippen LogP contribution >= 0.6 is 0 Å². The molecule has 0 unspecified atom stereocenters. The minimum Gasteiger partial charge on any atom is -0.328 e. The average molecular weight is 700 g/mol. The first-order chi connectivity index (χ1) is 7.97. The van der Waals surface area contributed by atoms with E-state index in [1.54, 1.807) is 0 Å². The molecule has 1 fully saturated rings. The Morgan fingerprint density at radius 3 is 1.90 bits per heavy atom. The van der Waals surface area contributed by atoms with E-state index in [0.717, 1.165) is 0 Å². The molecule has 0 heterocycles. The topological polar surface area (TPSA) is 0 Å². The molecule has 0 aliphatic heterocycles. The summed E-state index contributed by atoms with van der Waals surface area (Å²) in [6.45, 7) is 0. The van der Waals surface area contributed by atoms with Crippen LogP contribution in [0.5, 0.6) is 0 Å². The third kappa shape index (κ3) is 12.5. The van der Waals surface area contributed by atoms with Crippen LogP contribution in [-0.2, 0) is 65.4 Å². The van der Waals surface area contributed by atoms with E-state index in [-0.39, 0.29) is 169 Å². The third-order valence-electron chi connectivity index (χ3n) is 2.91. The minimum atomic E-state index is 0. The molecule has 0 aromatic heterocycles. The first kappa shape index (κ1) is 29.0. The van der Waals surface area contributed by atoms with E-state index >= 15 is 0 Å². The molecule has 0 bridgehead atoms. The summed E-state index contributed by atoms with van der Waals surface area (Å²) in [7, 11) is 0. The van der Waals surface area contributed by atoms with Gasteiger partial charge in [0.15, 0.2) is 0 Å². The molecule has 0 amide bonds. The SMILES string of the molecule is [CH-]1CCCCC1.[Ra].[Rb].[Y].[Y].[c-]1ccc2ccccc2c1. The zero-order chi connectivity index (χ0) is 11.1. The number of fused-ring (bicyclic) bond motifs is 1. The molecule has 5 radical (unpaired) electrons. The van der Waals surface area contributed by atoms with Gasteiger partial charge in [-0.15, -0.1) is 16.8 Å². The average Bonchev–Trinajstić information content (AvgIpc) is 2.42. The summed E-state index contributed by atoms with van der Waals surface area (Å²) in [4.78, 5) is 0. The summed E-state index contributed by atoms with van der Waals surface area (Å²) in [5.41, 5.74) is 0. The zero-order valence-electron chi connectivity index (χ0n) is 12.5. The largest absolute Gasteiger partial charge is 0.328 e. The van der Waals surface area contributed by atoms with Gasteiger partial charge in [0.2, 0.25) is 0 Å². The van der Waals surface area contributed by atoms with Crippen molar-refractivity contribution < 1.29 is 110 Å². The van der Waals surface area contributed by atoms with Crippen molar-refractivity contribution >= 4 is 69.0 Å². The molecule has 20 heavy (non-hydrogen) atoms. The van der Waals surface area contributed by atoms with E-state index in [2.05, 4.69) is 30.7 Å². The molecule has 0 nitrogen and oxygen atoms in total. The van der Waals surface area contributed by atoms with Crippen LogP contribution in [0.4, 0.5) is 0 Å². The van der Waals surface area contributed by atoms with Crippen LogP contribution in [0.3, 0.4) is 0 Å². The Hall–Kier alpha value is 4.18. The van der Waals surface area contributed by atoms with Crippen LogP contribution in [-0.4, -0.2) is 58.2 Å². The molecule has 0 saturated heterocycles. The van der Waals surface area contributed by atoms with E-state index in [0.29, 0.717) is 0 Å². The van der Waals surface area contributed by atoms with E-state index in [9.17, 15) is 0 Å². The molecule has 4 heteroatoms. The van der Waals surface area contributed by atoms with Crippen molar-refractivity contribution in [3.05, 3.63) is 55.0 Å². The van der Waals surface area contributed by atoms with Gasteiger partial charge in [0.05, 0.1) is 0 Å². The first-order valence-corrected chi connectivity index (χ1v) is 6.13. The summed E-state index contributed by atoms with van der Waals surface area (Å²) in [6, 6.07) is 17.3. The van der Waals surface area contributed by atoms with E-state index in [1.165, 1.54) is 42.9 Å². The fraction of sp³-hybridized carbons (Fsp3) is 0.312. The van der Waals surface area contributed by atoms with Gasteiger partial charge in [-0.3, -0.25) is 0 Å². The van der Waals surface area contributed by atoms with Gasteiger partial charge < -0.3 is 6.42 Å². The molecule has 0 N–H and O–H groups in total. The summed E-state index contributed by atoms with van der Waals surface area (Å²) < 4.78 is 0. The molecule has 2 aromatic rings. The van der Waals surface area contributed by atoms with E-state index in [1.807, 2.05) is 24.3 Å². The Labute approximate surface area is 259 Å². The molecule has 93 valence electrons. The summed E-state index contributed by atoms with van der Waals surface area (Å²) in [6.07, 6.45) is 9.50. The molecule has 1 aliphatic rings. The third-order valence-corrected chi connectivity index (χ3v) is 2.91. The number of hydrogen-bond acceptors (Lipinski definition) is 0. The number of hydrogen-bond donors (Lipinski definition) is 0. The summed E-state index contributed by atoms with van der Waals surface area (Å²) in [5, 5.41) is 2.53. The van der Waals surface area contributed by atoms with Crippen molar-refractivity contribution in [3.63, 3.8) is 0 Å². The van der Waals surface area contributed by atoms with Crippen LogP contribution < -0.4 is 0 Å². The molecule has 0 atom stereocenters. The Morgan fingerprint density at radius 1 is 0.850 bits per heavy atom. The maximum atomic E-state index is 3.04. The second-order valence-electron chi connectivity index (χ2n) is 4.20. The van der Waals surface area contributed by atoms with Crippen molar-refractivity contribution in [2.45, 2.75) is 32.1 Å². The predicted octanol–water partition coefficient (Wildman–Crippen LogP) is 4.41. The van der Waals surface area contributed by atoms with Gasteiger partial charge in [0, 0.05) is 169 Å². The normalized spacial score (nSPS) is 12.2. The Bertz CT molecular complexity index is 356. The molecule has 0 spiro atoms. The van der Waals surface area contributed by atoms with Crippen LogP contribution in [0.1, 0.15) is 32.1 Å². The summed E-state index contributed by atoms with van der Waals surface area (Å²) >= 11 is 0. The maximum absolute atomic E-state index is 3.04. The fourth-order valence-electron chi connectivity index (χ4n) is 1.97. The Balaban J connectivity index is -0.000000260. The quantitative estimate of drug-likeness (QED) is 0.358. The van der Waals surface area contributed by atoms with Crippen LogP contribution in [0.15, 0.2) is 42.5 Å². The molecule has 1 aliphatic carbocycles. The van der Waals surface area contributed by atoms with Gasteiger partial charge in [0.1, 0.15) is 0 Å². The molecular weight excluding hydrogens is 681 g/mol. The fourth-order valence-corrected chi connectivity index (χ4v) is 1.97. The van der Waals surface area contributed by atoms with Crippen LogP contribution in [0, 0.1) is 57.5 Å². The molecule has 2 aromatic carbocycles. The molecular formula is C16H18RaRbY2-2. The van der Waals surface area contributed by atoms with Gasteiger partial charge >= 0.3 is 0 Å². The van der Waals surface area contributed by atoms with Crippen LogP contribution in [0.2, 0.25) is 0 Å². The van der Waals surface area contributed by atoms with Crippen molar-refractivity contribution in [1.82, 2.24) is 0 Å². The van der Waals surface area contributed by atoms with Gasteiger partial charge in [0.25, 0.3) is 0 Å². The smallest absolute Gasteiger partial charge is 0 e. The summed E-state index contributed by atoms with van der Waals surface area (Å²) in [5.74, 6) is 0. The van der Waals surface area contributed by atoms with Crippen molar-refractivity contribution in [2.24, 2.45) is 0 Å². The van der Waals surface area contributed by atoms with Gasteiger partial charge in [-0.1, -0.05) is 37.5 Å².